The first-order valence-electron chi connectivity index (χ1n) is 5.98. The molecule has 1 heterocycles. The Morgan fingerprint density at radius 3 is 2.37 bits per heavy atom. The van der Waals surface area contributed by atoms with Crippen LogP contribution in [0.1, 0.15) is 50.8 Å². The fraction of sp³-hybridized carbons (Fsp3) is 0.538. The molecule has 1 aromatic rings. The Morgan fingerprint density at radius 2 is 1.89 bits per heavy atom. The number of anilines is 1. The van der Waals surface area contributed by atoms with Gasteiger partial charge in [0.15, 0.2) is 5.69 Å². The Balaban J connectivity index is 3.01. The molecule has 5 nitrogen and oxygen atoms in total. The Hall–Kier alpha value is -1.40. The minimum Gasteiger partial charge on any atom is -0.476 e. The zero-order valence-electron chi connectivity index (χ0n) is 11.9. The lowest BCUT2D eigenvalue weighted by Crippen LogP contribution is -2.29. The van der Waals surface area contributed by atoms with E-state index in [1.54, 1.807) is 12.1 Å². The first-order valence-corrected chi connectivity index (χ1v) is 6.89. The highest BCUT2D eigenvalue weighted by atomic mass is 28.2. The largest absolute Gasteiger partial charge is 0.476 e. The van der Waals surface area contributed by atoms with Crippen molar-refractivity contribution in [3.05, 3.63) is 23.5 Å². The predicted octanol–water partition coefficient (Wildman–Crippen LogP) is 2.45. The molecule has 0 amide bonds. The fourth-order valence-electron chi connectivity index (χ4n) is 1.31. The van der Waals surface area contributed by atoms with Gasteiger partial charge in [0.1, 0.15) is 0 Å². The van der Waals surface area contributed by atoms with Gasteiger partial charge in [0.25, 0.3) is 0 Å². The van der Waals surface area contributed by atoms with Gasteiger partial charge in [-0.25, -0.2) is 9.78 Å². The van der Waals surface area contributed by atoms with Crippen LogP contribution in [0.3, 0.4) is 0 Å². The standard InChI is InChI=1S/C13H20N2O3Si/c1-12(2,3)19-18-13(4,5)9-7-6-8(14)10(15-9)11(16)17/h6-7H,14H2,1-5H3,(H,16,17). The van der Waals surface area contributed by atoms with Gasteiger partial charge in [-0.05, 0) is 31.0 Å². The predicted molar refractivity (Wildman–Crippen MR) is 75.2 cm³/mol. The third-order valence-corrected chi connectivity index (χ3v) is 3.58. The Labute approximate surface area is 116 Å². The zero-order valence-corrected chi connectivity index (χ0v) is 12.9. The van der Waals surface area contributed by atoms with E-state index in [2.05, 4.69) is 25.8 Å². The van der Waals surface area contributed by atoms with Gasteiger partial charge in [-0.15, -0.1) is 0 Å². The average Bonchev–Trinajstić information content (AvgIpc) is 2.25. The van der Waals surface area contributed by atoms with Crippen LogP contribution in [0.2, 0.25) is 5.04 Å². The smallest absolute Gasteiger partial charge is 0.356 e. The zero-order chi connectivity index (χ0) is 14.8. The van der Waals surface area contributed by atoms with Crippen molar-refractivity contribution in [3.63, 3.8) is 0 Å². The van der Waals surface area contributed by atoms with Crippen LogP contribution in [-0.4, -0.2) is 25.8 Å². The number of hydrogen-bond acceptors (Lipinski definition) is 4. The summed E-state index contributed by atoms with van der Waals surface area (Å²) in [5.41, 5.74) is 5.54. The van der Waals surface area contributed by atoms with E-state index in [9.17, 15) is 4.79 Å². The van der Waals surface area contributed by atoms with Crippen LogP contribution in [0.15, 0.2) is 12.1 Å². The van der Waals surface area contributed by atoms with Crippen molar-refractivity contribution in [3.8, 4) is 0 Å². The molecule has 0 aromatic carbocycles. The summed E-state index contributed by atoms with van der Waals surface area (Å²) < 4.78 is 5.89. The summed E-state index contributed by atoms with van der Waals surface area (Å²) in [5, 5.41) is 9.09. The summed E-state index contributed by atoms with van der Waals surface area (Å²) in [6.07, 6.45) is 0. The molecule has 1 aromatic heterocycles. The molecule has 0 unspecified atom stereocenters. The molecule has 0 aliphatic heterocycles. The van der Waals surface area contributed by atoms with Crippen molar-refractivity contribution in [1.29, 1.82) is 0 Å². The summed E-state index contributed by atoms with van der Waals surface area (Å²) in [5.74, 6) is -1.13. The number of aromatic carboxylic acids is 1. The van der Waals surface area contributed by atoms with Gasteiger partial charge < -0.3 is 15.3 Å². The topological polar surface area (TPSA) is 85.4 Å². The van der Waals surface area contributed by atoms with Gasteiger partial charge in [-0.1, -0.05) is 20.8 Å². The number of carbonyl (C=O) groups is 1. The molecule has 0 aliphatic rings. The normalized spacial score (nSPS) is 12.5. The second-order valence-corrected chi connectivity index (χ2v) is 7.81. The summed E-state index contributed by atoms with van der Waals surface area (Å²) >= 11 is 0. The van der Waals surface area contributed by atoms with Crippen LogP contribution < -0.4 is 5.73 Å². The van der Waals surface area contributed by atoms with Crippen LogP contribution in [0.4, 0.5) is 5.69 Å². The summed E-state index contributed by atoms with van der Waals surface area (Å²) in [7, 11) is 0.288. The van der Waals surface area contributed by atoms with Gasteiger partial charge in [0.05, 0.1) is 17.0 Å². The van der Waals surface area contributed by atoms with Crippen molar-refractivity contribution in [2.75, 3.05) is 5.73 Å². The summed E-state index contributed by atoms with van der Waals surface area (Å²) in [6.45, 7) is 9.99. The molecule has 104 valence electrons. The second kappa shape index (κ2) is 5.30. The van der Waals surface area contributed by atoms with E-state index in [4.69, 9.17) is 15.3 Å². The van der Waals surface area contributed by atoms with Crippen molar-refractivity contribution in [2.45, 2.75) is 45.3 Å². The monoisotopic (exact) mass is 280 g/mol. The summed E-state index contributed by atoms with van der Waals surface area (Å²) in [4.78, 5) is 15.1. The maximum atomic E-state index is 11.0. The van der Waals surface area contributed by atoms with Crippen LogP contribution in [0.25, 0.3) is 0 Å². The number of hydrogen-bond donors (Lipinski definition) is 2. The quantitative estimate of drug-likeness (QED) is 0.827. The number of rotatable bonds is 4. The number of nitrogens with zero attached hydrogens (tertiary/aromatic N) is 1. The van der Waals surface area contributed by atoms with Crippen LogP contribution in [0, 0.1) is 0 Å². The molecular formula is C13H20N2O3Si. The second-order valence-electron chi connectivity index (χ2n) is 5.90. The molecule has 0 saturated heterocycles. The van der Waals surface area contributed by atoms with E-state index in [-0.39, 0.29) is 26.2 Å². The van der Waals surface area contributed by atoms with Crippen LogP contribution in [0.5, 0.6) is 0 Å². The van der Waals surface area contributed by atoms with Crippen molar-refractivity contribution in [2.24, 2.45) is 0 Å². The number of pyridine rings is 1. The third-order valence-electron chi connectivity index (χ3n) is 2.36. The highest BCUT2D eigenvalue weighted by Crippen LogP contribution is 2.29. The molecule has 0 spiro atoms. The number of nitrogens with two attached hydrogens (primary N) is 1. The Kier molecular flexibility index (Phi) is 4.37. The average molecular weight is 280 g/mol. The molecule has 19 heavy (non-hydrogen) atoms. The van der Waals surface area contributed by atoms with E-state index < -0.39 is 11.6 Å². The van der Waals surface area contributed by atoms with Gasteiger partial charge in [-0.2, -0.15) is 0 Å². The fourth-order valence-corrected chi connectivity index (χ4v) is 1.98. The summed E-state index contributed by atoms with van der Waals surface area (Å²) in [6, 6.07) is 3.26. The number of carboxylic acids is 1. The minimum absolute atomic E-state index is 0.0563. The maximum absolute atomic E-state index is 11.0. The first-order chi connectivity index (χ1) is 8.53. The third kappa shape index (κ3) is 4.32. The molecule has 0 atom stereocenters. The number of nitrogen functional groups attached to an aromatic ring is 1. The van der Waals surface area contributed by atoms with Crippen molar-refractivity contribution in [1.82, 2.24) is 4.98 Å². The molecule has 0 bridgehead atoms. The lowest BCUT2D eigenvalue weighted by molar-refractivity contribution is 0.0688. The highest BCUT2D eigenvalue weighted by molar-refractivity contribution is 6.31. The highest BCUT2D eigenvalue weighted by Gasteiger charge is 2.27. The van der Waals surface area contributed by atoms with Crippen LogP contribution in [-0.2, 0) is 10.0 Å². The van der Waals surface area contributed by atoms with Crippen LogP contribution >= 0.6 is 0 Å². The Morgan fingerprint density at radius 1 is 1.32 bits per heavy atom. The molecule has 3 N–H and O–H groups in total. The molecule has 6 heteroatoms. The minimum atomic E-state index is -1.13. The van der Waals surface area contributed by atoms with E-state index in [1.807, 2.05) is 13.8 Å². The molecule has 0 aliphatic carbocycles. The molecular weight excluding hydrogens is 260 g/mol. The number of carboxylic acid groups (broad SMARTS) is 1. The Bertz CT molecular complexity index is 481. The van der Waals surface area contributed by atoms with E-state index in [0.29, 0.717) is 5.69 Å². The maximum Gasteiger partial charge on any atom is 0.356 e. The van der Waals surface area contributed by atoms with Crippen molar-refractivity contribution < 1.29 is 14.3 Å². The van der Waals surface area contributed by atoms with Gasteiger partial charge in [0, 0.05) is 0 Å². The van der Waals surface area contributed by atoms with Gasteiger partial charge in [0.2, 0.25) is 9.76 Å². The van der Waals surface area contributed by atoms with Crippen molar-refractivity contribution >= 4 is 21.4 Å². The molecule has 0 fully saturated rings. The van der Waals surface area contributed by atoms with Gasteiger partial charge >= 0.3 is 5.97 Å². The van der Waals surface area contributed by atoms with E-state index in [1.165, 1.54) is 0 Å². The molecule has 1 rings (SSSR count). The molecule has 2 radical (unpaired) electrons. The lowest BCUT2D eigenvalue weighted by atomic mass is 10.0. The first kappa shape index (κ1) is 15.7. The SMILES string of the molecule is CC(C)(C)[Si]OC(C)(C)c1ccc(N)c(C(=O)O)n1. The van der Waals surface area contributed by atoms with E-state index >= 15 is 0 Å². The lowest BCUT2D eigenvalue weighted by Gasteiger charge is -2.29. The van der Waals surface area contributed by atoms with Gasteiger partial charge in [-0.3, -0.25) is 0 Å². The molecule has 0 saturated carbocycles. The van der Waals surface area contributed by atoms with E-state index in [0.717, 1.165) is 0 Å². The number of aromatic nitrogens is 1.